The van der Waals surface area contributed by atoms with Gasteiger partial charge in [0.15, 0.2) is 0 Å². The number of carbonyl (C=O) groups excluding carboxylic acids is 2. The van der Waals surface area contributed by atoms with Crippen LogP contribution in [-0.4, -0.2) is 64.7 Å². The van der Waals surface area contributed by atoms with E-state index in [1.807, 2.05) is 0 Å². The SMILES string of the molecule is O=C(NC(=O)N1CCCC1)[C@@H]1CCCN1.O=C(O)c1cccc(C(=O)O)c1. The first-order valence-electron chi connectivity index (χ1n) is 8.78. The predicted molar refractivity (Wildman–Crippen MR) is 95.7 cm³/mol. The van der Waals surface area contributed by atoms with E-state index in [1.54, 1.807) is 4.90 Å². The first-order chi connectivity index (χ1) is 12.9. The predicted octanol–water partition coefficient (Wildman–Crippen LogP) is 1.15. The Balaban J connectivity index is 0.000000199. The van der Waals surface area contributed by atoms with Crippen LogP contribution in [0, 0.1) is 0 Å². The molecule has 2 saturated heterocycles. The molecule has 27 heavy (non-hydrogen) atoms. The molecule has 0 aliphatic carbocycles. The molecule has 0 saturated carbocycles. The Morgan fingerprint density at radius 2 is 1.59 bits per heavy atom. The minimum Gasteiger partial charge on any atom is -0.478 e. The molecule has 1 aromatic rings. The number of hydrogen-bond acceptors (Lipinski definition) is 5. The van der Waals surface area contributed by atoms with Crippen LogP contribution in [0.15, 0.2) is 24.3 Å². The zero-order valence-corrected chi connectivity index (χ0v) is 14.8. The van der Waals surface area contributed by atoms with Crippen LogP contribution in [0.25, 0.3) is 0 Å². The molecule has 3 rings (SSSR count). The normalized spacial score (nSPS) is 18.4. The van der Waals surface area contributed by atoms with E-state index in [9.17, 15) is 19.2 Å². The Kier molecular flexibility index (Phi) is 7.30. The lowest BCUT2D eigenvalue weighted by atomic mass is 10.1. The van der Waals surface area contributed by atoms with Gasteiger partial charge < -0.3 is 20.4 Å². The van der Waals surface area contributed by atoms with Crippen LogP contribution >= 0.6 is 0 Å². The Morgan fingerprint density at radius 1 is 1.00 bits per heavy atom. The zero-order valence-electron chi connectivity index (χ0n) is 14.8. The third-order valence-corrected chi connectivity index (χ3v) is 4.36. The Labute approximate surface area is 156 Å². The van der Waals surface area contributed by atoms with Gasteiger partial charge >= 0.3 is 18.0 Å². The maximum atomic E-state index is 11.6. The van der Waals surface area contributed by atoms with Gasteiger partial charge in [-0.05, 0) is 50.4 Å². The summed E-state index contributed by atoms with van der Waals surface area (Å²) in [4.78, 5) is 45.6. The largest absolute Gasteiger partial charge is 0.478 e. The molecule has 0 unspecified atom stereocenters. The number of aromatic carboxylic acids is 2. The van der Waals surface area contributed by atoms with Gasteiger partial charge in [-0.15, -0.1) is 0 Å². The van der Waals surface area contributed by atoms with Gasteiger partial charge in [-0.1, -0.05) is 6.07 Å². The number of imide groups is 1. The summed E-state index contributed by atoms with van der Waals surface area (Å²) in [6.07, 6.45) is 3.93. The number of carboxylic acids is 2. The first kappa shape index (κ1) is 20.4. The van der Waals surface area contributed by atoms with E-state index >= 15 is 0 Å². The summed E-state index contributed by atoms with van der Waals surface area (Å²) in [7, 11) is 0. The standard InChI is InChI=1S/C10H17N3O2.C8H6O4/c14-9(8-4-3-5-11-8)12-10(15)13-6-1-2-7-13;9-7(10)5-2-1-3-6(4-5)8(11)12/h8,11H,1-7H2,(H,12,14,15);1-4H,(H,9,10)(H,11,12)/t8-;/m0./s1. The van der Waals surface area contributed by atoms with Crippen LogP contribution in [0.3, 0.4) is 0 Å². The lowest BCUT2D eigenvalue weighted by Gasteiger charge is -2.17. The van der Waals surface area contributed by atoms with E-state index in [2.05, 4.69) is 10.6 Å². The number of urea groups is 1. The molecule has 9 heteroatoms. The molecule has 2 fully saturated rings. The highest BCUT2D eigenvalue weighted by Gasteiger charge is 2.26. The number of carboxylic acid groups (broad SMARTS) is 2. The Hall–Kier alpha value is -2.94. The Bertz CT molecular complexity index is 654. The van der Waals surface area contributed by atoms with Gasteiger partial charge in [-0.25, -0.2) is 14.4 Å². The van der Waals surface area contributed by atoms with Crippen molar-refractivity contribution in [3.63, 3.8) is 0 Å². The second-order valence-corrected chi connectivity index (χ2v) is 6.33. The van der Waals surface area contributed by atoms with E-state index < -0.39 is 11.9 Å². The van der Waals surface area contributed by atoms with E-state index in [1.165, 1.54) is 18.2 Å². The summed E-state index contributed by atoms with van der Waals surface area (Å²) >= 11 is 0. The second-order valence-electron chi connectivity index (χ2n) is 6.33. The molecule has 0 spiro atoms. The van der Waals surface area contributed by atoms with Crippen molar-refractivity contribution in [2.75, 3.05) is 19.6 Å². The van der Waals surface area contributed by atoms with Crippen molar-refractivity contribution in [1.82, 2.24) is 15.5 Å². The highest BCUT2D eigenvalue weighted by atomic mass is 16.4. The number of nitrogens with zero attached hydrogens (tertiary/aromatic N) is 1. The average Bonchev–Trinajstić information content (AvgIpc) is 3.36. The van der Waals surface area contributed by atoms with Crippen LogP contribution in [-0.2, 0) is 4.79 Å². The van der Waals surface area contributed by atoms with Crippen molar-refractivity contribution in [2.24, 2.45) is 0 Å². The summed E-state index contributed by atoms with van der Waals surface area (Å²) in [6.45, 7) is 2.42. The maximum absolute atomic E-state index is 11.6. The number of likely N-dealkylation sites (tertiary alicyclic amines) is 1. The highest BCUT2D eigenvalue weighted by Crippen LogP contribution is 2.08. The Morgan fingerprint density at radius 3 is 2.07 bits per heavy atom. The van der Waals surface area contributed by atoms with Crippen molar-refractivity contribution in [3.8, 4) is 0 Å². The van der Waals surface area contributed by atoms with Crippen molar-refractivity contribution < 1.29 is 29.4 Å². The molecule has 2 aliphatic heterocycles. The third kappa shape index (κ3) is 6.07. The highest BCUT2D eigenvalue weighted by molar-refractivity contribution is 5.97. The molecule has 9 nitrogen and oxygen atoms in total. The number of carbonyl (C=O) groups is 4. The van der Waals surface area contributed by atoms with E-state index in [0.29, 0.717) is 0 Å². The molecule has 1 aromatic carbocycles. The fraction of sp³-hybridized carbons (Fsp3) is 0.444. The van der Waals surface area contributed by atoms with Gasteiger partial charge in [0.25, 0.3) is 0 Å². The summed E-state index contributed by atoms with van der Waals surface area (Å²) in [5, 5.41) is 22.5. The van der Waals surface area contributed by atoms with Gasteiger partial charge in [0.1, 0.15) is 0 Å². The molecule has 4 N–H and O–H groups in total. The first-order valence-corrected chi connectivity index (χ1v) is 8.78. The molecule has 2 heterocycles. The third-order valence-electron chi connectivity index (χ3n) is 4.36. The number of hydrogen-bond donors (Lipinski definition) is 4. The van der Waals surface area contributed by atoms with Crippen molar-refractivity contribution in [3.05, 3.63) is 35.4 Å². The quantitative estimate of drug-likeness (QED) is 0.620. The van der Waals surface area contributed by atoms with Crippen LogP contribution in [0.5, 0.6) is 0 Å². The smallest absolute Gasteiger partial charge is 0.335 e. The van der Waals surface area contributed by atoms with E-state index in [0.717, 1.165) is 51.4 Å². The van der Waals surface area contributed by atoms with Crippen LogP contribution in [0.1, 0.15) is 46.4 Å². The fourth-order valence-corrected chi connectivity index (χ4v) is 2.89. The molecular weight excluding hydrogens is 354 g/mol. The number of amides is 3. The van der Waals surface area contributed by atoms with Gasteiger partial charge in [-0.2, -0.15) is 0 Å². The van der Waals surface area contributed by atoms with Gasteiger partial charge in [0, 0.05) is 13.1 Å². The van der Waals surface area contributed by atoms with Crippen molar-refractivity contribution in [1.29, 1.82) is 0 Å². The summed E-state index contributed by atoms with van der Waals surface area (Å²) < 4.78 is 0. The lowest BCUT2D eigenvalue weighted by Crippen LogP contribution is -2.48. The minimum atomic E-state index is -1.13. The summed E-state index contributed by atoms with van der Waals surface area (Å²) in [5.74, 6) is -2.43. The molecule has 146 valence electrons. The molecule has 2 aliphatic rings. The van der Waals surface area contributed by atoms with Gasteiger partial charge in [0.05, 0.1) is 17.2 Å². The molecular formula is C18H23N3O6. The molecule has 0 radical (unpaired) electrons. The van der Waals surface area contributed by atoms with Crippen LogP contribution in [0.2, 0.25) is 0 Å². The molecule has 3 amide bonds. The second kappa shape index (κ2) is 9.67. The lowest BCUT2D eigenvalue weighted by molar-refractivity contribution is -0.121. The number of nitrogens with one attached hydrogen (secondary N) is 2. The van der Waals surface area contributed by atoms with Crippen molar-refractivity contribution >= 4 is 23.9 Å². The van der Waals surface area contributed by atoms with Crippen LogP contribution < -0.4 is 10.6 Å². The molecule has 0 bridgehead atoms. The van der Waals surface area contributed by atoms with E-state index in [-0.39, 0.29) is 29.1 Å². The van der Waals surface area contributed by atoms with Gasteiger partial charge in [-0.3, -0.25) is 10.1 Å². The number of benzene rings is 1. The summed E-state index contributed by atoms with van der Waals surface area (Å²) in [6, 6.07) is 4.80. The van der Waals surface area contributed by atoms with Gasteiger partial charge in [0.2, 0.25) is 5.91 Å². The average molecular weight is 377 g/mol. The fourth-order valence-electron chi connectivity index (χ4n) is 2.89. The van der Waals surface area contributed by atoms with Crippen LogP contribution in [0.4, 0.5) is 4.79 Å². The van der Waals surface area contributed by atoms with Crippen molar-refractivity contribution in [2.45, 2.75) is 31.7 Å². The topological polar surface area (TPSA) is 136 Å². The molecule has 0 aromatic heterocycles. The molecule has 1 atom stereocenters. The maximum Gasteiger partial charge on any atom is 0.335 e. The summed E-state index contributed by atoms with van der Waals surface area (Å²) in [5.41, 5.74) is -0.0372. The number of rotatable bonds is 3. The minimum absolute atomic E-state index is 0.0186. The monoisotopic (exact) mass is 377 g/mol. The van der Waals surface area contributed by atoms with E-state index in [4.69, 9.17) is 10.2 Å². The zero-order chi connectivity index (χ0) is 19.8.